The highest BCUT2D eigenvalue weighted by Gasteiger charge is 2.57. The molecule has 2 bridgehead atoms. The lowest BCUT2D eigenvalue weighted by molar-refractivity contribution is -0.191. The highest BCUT2D eigenvalue weighted by Crippen LogP contribution is 2.62. The number of amides is 4. The number of aromatic carboxylic acids is 1. The van der Waals surface area contributed by atoms with E-state index in [1.807, 2.05) is 0 Å². The average Bonchev–Trinajstić information content (AvgIpc) is 3.72. The molecule has 6 atom stereocenters. The Morgan fingerprint density at radius 1 is 0.725 bits per heavy atom. The first kappa shape index (κ1) is 25.8. The van der Waals surface area contributed by atoms with Crippen LogP contribution < -0.4 is 0 Å². The standard InChI is InChI=1S/C29H26N2O6.CO2/c32-25-18-3-1-2-4-19(18)26(33)31(25)13-17-9-16-11-22(17)23-8-14(7-21(16)23)12-30-27(34)20-6-5-15(29(36)37)10-24(20)28(30)35;2-1-3/h1-6,10,14,16-17,21-23H,7-9,11-13H2,(H,36,37);. The number of carboxylic acids is 1. The molecule has 7 rings (SSSR count). The molecule has 0 radical (unpaired) electrons. The van der Waals surface area contributed by atoms with Gasteiger partial charge in [0.05, 0.1) is 27.8 Å². The third-order valence-corrected chi connectivity index (χ3v) is 9.66. The third-order valence-electron chi connectivity index (χ3n) is 9.66. The fourth-order valence-electron chi connectivity index (χ4n) is 8.17. The number of hydrogen-bond donors (Lipinski definition) is 1. The summed E-state index contributed by atoms with van der Waals surface area (Å²) in [4.78, 5) is 82.0. The van der Waals surface area contributed by atoms with Gasteiger partial charge < -0.3 is 5.11 Å². The van der Waals surface area contributed by atoms with E-state index in [1.165, 1.54) is 28.0 Å². The summed E-state index contributed by atoms with van der Waals surface area (Å²) in [5.41, 5.74) is 1.42. The number of hydrogen-bond acceptors (Lipinski definition) is 7. The smallest absolute Gasteiger partial charge is 0.373 e. The first-order chi connectivity index (χ1) is 19.2. The van der Waals surface area contributed by atoms with E-state index in [2.05, 4.69) is 0 Å². The molecule has 10 nitrogen and oxygen atoms in total. The van der Waals surface area contributed by atoms with Gasteiger partial charge in [0.2, 0.25) is 0 Å². The highest BCUT2D eigenvalue weighted by atomic mass is 16.4. The van der Waals surface area contributed by atoms with Crippen LogP contribution in [0.3, 0.4) is 0 Å². The van der Waals surface area contributed by atoms with E-state index in [1.54, 1.807) is 24.3 Å². The van der Waals surface area contributed by atoms with E-state index in [0.717, 1.165) is 25.7 Å². The van der Waals surface area contributed by atoms with Gasteiger partial charge in [-0.1, -0.05) is 12.1 Å². The van der Waals surface area contributed by atoms with E-state index in [-0.39, 0.29) is 46.5 Å². The van der Waals surface area contributed by atoms with Gasteiger partial charge in [0.15, 0.2) is 0 Å². The second-order valence-electron chi connectivity index (χ2n) is 11.5. The van der Waals surface area contributed by atoms with E-state index in [4.69, 9.17) is 9.59 Å². The van der Waals surface area contributed by atoms with E-state index < -0.39 is 11.9 Å². The van der Waals surface area contributed by atoms with Crippen molar-refractivity contribution in [3.8, 4) is 0 Å². The maximum atomic E-state index is 13.0. The fourth-order valence-corrected chi connectivity index (χ4v) is 8.17. The van der Waals surface area contributed by atoms with Crippen molar-refractivity contribution in [1.29, 1.82) is 0 Å². The molecule has 2 aromatic rings. The molecular formula is C30H26N2O8. The molecule has 10 heteroatoms. The quantitative estimate of drug-likeness (QED) is 0.568. The van der Waals surface area contributed by atoms with Crippen molar-refractivity contribution in [3.63, 3.8) is 0 Å². The number of carboxylic acid groups (broad SMARTS) is 1. The van der Waals surface area contributed by atoms with Crippen LogP contribution in [0.1, 0.15) is 77.5 Å². The van der Waals surface area contributed by atoms with E-state index >= 15 is 0 Å². The van der Waals surface area contributed by atoms with Gasteiger partial charge in [-0.05, 0) is 91.5 Å². The highest BCUT2D eigenvalue weighted by molar-refractivity contribution is 6.22. The van der Waals surface area contributed by atoms with Gasteiger partial charge in [0.1, 0.15) is 0 Å². The van der Waals surface area contributed by atoms with Crippen molar-refractivity contribution in [2.75, 3.05) is 13.1 Å². The van der Waals surface area contributed by atoms with Crippen molar-refractivity contribution in [1.82, 2.24) is 9.80 Å². The lowest BCUT2D eigenvalue weighted by Crippen LogP contribution is -2.38. The predicted octanol–water partition coefficient (Wildman–Crippen LogP) is 2.99. The molecular weight excluding hydrogens is 516 g/mol. The maximum absolute atomic E-state index is 13.0. The molecule has 6 unspecified atom stereocenters. The largest absolute Gasteiger partial charge is 0.478 e. The minimum atomic E-state index is -1.13. The number of nitrogens with zero attached hydrogens (tertiary/aromatic N) is 2. The molecule has 2 aromatic carbocycles. The second kappa shape index (κ2) is 9.64. The number of carbonyl (C=O) groups excluding carboxylic acids is 6. The number of imide groups is 2. The second-order valence-corrected chi connectivity index (χ2v) is 11.5. The van der Waals surface area contributed by atoms with Crippen LogP contribution in [0, 0.1) is 35.5 Å². The Labute approximate surface area is 228 Å². The molecule has 0 saturated heterocycles. The SMILES string of the molecule is O=C(O)c1ccc2c(c1)C(=O)N(CC1CC3C4CC(CN5C(=O)c6ccccc6C5=O)C(C4)C3C1)C2=O.O=C=O. The Morgan fingerprint density at radius 3 is 1.90 bits per heavy atom. The number of carbonyl (C=O) groups is 5. The summed E-state index contributed by atoms with van der Waals surface area (Å²) in [5.74, 6) is 0.274. The number of benzene rings is 2. The average molecular weight is 543 g/mol. The van der Waals surface area contributed by atoms with Crippen LogP contribution in [0.25, 0.3) is 0 Å². The van der Waals surface area contributed by atoms with Crippen molar-refractivity contribution in [2.45, 2.75) is 25.7 Å². The Balaban J connectivity index is 0.000000925. The molecule has 204 valence electrons. The third kappa shape index (κ3) is 3.90. The van der Waals surface area contributed by atoms with Crippen LogP contribution >= 0.6 is 0 Å². The zero-order valence-corrected chi connectivity index (χ0v) is 21.4. The first-order valence-corrected chi connectivity index (χ1v) is 13.4. The minimum absolute atomic E-state index is 0.00201. The Bertz CT molecular complexity index is 1470. The van der Waals surface area contributed by atoms with Crippen LogP contribution in [-0.2, 0) is 9.59 Å². The first-order valence-electron chi connectivity index (χ1n) is 13.4. The van der Waals surface area contributed by atoms with Gasteiger partial charge >= 0.3 is 12.1 Å². The molecule has 3 aliphatic carbocycles. The van der Waals surface area contributed by atoms with Crippen LogP contribution in [0.2, 0.25) is 0 Å². The van der Waals surface area contributed by atoms with Crippen LogP contribution in [0.5, 0.6) is 0 Å². The normalized spacial score (nSPS) is 29.2. The Kier molecular flexibility index (Phi) is 6.22. The summed E-state index contributed by atoms with van der Waals surface area (Å²) in [5, 5.41) is 9.25. The van der Waals surface area contributed by atoms with Crippen molar-refractivity contribution >= 4 is 35.7 Å². The zero-order chi connectivity index (χ0) is 28.3. The molecule has 2 aliphatic heterocycles. The van der Waals surface area contributed by atoms with Gasteiger partial charge in [-0.2, -0.15) is 9.59 Å². The molecule has 5 aliphatic rings. The Hall–Kier alpha value is -4.43. The summed E-state index contributed by atoms with van der Waals surface area (Å²) in [6.07, 6.45) is 4.29. The summed E-state index contributed by atoms with van der Waals surface area (Å²) < 4.78 is 0. The number of fused-ring (bicyclic) bond motifs is 7. The van der Waals surface area contributed by atoms with Gasteiger partial charge in [-0.3, -0.25) is 29.0 Å². The molecule has 3 fully saturated rings. The topological polar surface area (TPSA) is 146 Å². The zero-order valence-electron chi connectivity index (χ0n) is 21.4. The summed E-state index contributed by atoms with van der Waals surface area (Å²) in [6.45, 7) is 0.815. The lowest BCUT2D eigenvalue weighted by Gasteiger charge is -2.33. The molecule has 40 heavy (non-hydrogen) atoms. The predicted molar refractivity (Wildman–Crippen MR) is 135 cm³/mol. The van der Waals surface area contributed by atoms with Gasteiger partial charge in [0.25, 0.3) is 23.6 Å². The molecule has 3 saturated carbocycles. The Morgan fingerprint density at radius 2 is 1.27 bits per heavy atom. The van der Waals surface area contributed by atoms with Crippen molar-refractivity contribution < 1.29 is 38.7 Å². The van der Waals surface area contributed by atoms with Gasteiger partial charge in [-0.15, -0.1) is 0 Å². The number of rotatable bonds is 5. The summed E-state index contributed by atoms with van der Waals surface area (Å²) in [7, 11) is 0. The van der Waals surface area contributed by atoms with Crippen molar-refractivity contribution in [3.05, 3.63) is 70.3 Å². The minimum Gasteiger partial charge on any atom is -0.478 e. The molecule has 0 spiro atoms. The van der Waals surface area contributed by atoms with Crippen LogP contribution in [0.4, 0.5) is 0 Å². The van der Waals surface area contributed by atoms with E-state index in [9.17, 15) is 29.1 Å². The van der Waals surface area contributed by atoms with Crippen LogP contribution in [0.15, 0.2) is 42.5 Å². The molecule has 1 N–H and O–H groups in total. The van der Waals surface area contributed by atoms with Crippen molar-refractivity contribution in [2.24, 2.45) is 35.5 Å². The summed E-state index contributed by atoms with van der Waals surface area (Å²) in [6, 6.07) is 11.1. The molecule has 2 heterocycles. The lowest BCUT2D eigenvalue weighted by atomic mass is 9.75. The molecule has 0 aromatic heterocycles. The fraction of sp³-hybridized carbons (Fsp3) is 0.400. The monoisotopic (exact) mass is 542 g/mol. The maximum Gasteiger partial charge on any atom is 0.373 e. The van der Waals surface area contributed by atoms with Gasteiger partial charge in [-0.25, -0.2) is 4.79 Å². The van der Waals surface area contributed by atoms with E-state index in [0.29, 0.717) is 53.8 Å². The summed E-state index contributed by atoms with van der Waals surface area (Å²) >= 11 is 0. The molecule has 4 amide bonds. The van der Waals surface area contributed by atoms with Crippen LogP contribution in [-0.4, -0.2) is 63.7 Å². The van der Waals surface area contributed by atoms with Gasteiger partial charge in [0, 0.05) is 13.1 Å².